The standard InChI is InChI=1S/C11H15N5O2/c17-10-6-13-11(18)16(10)9-5-14-15(7-9)8-1-3-12-4-2-8/h5,7-8,12H,1-4,6H2,(H,13,18). The van der Waals surface area contributed by atoms with Crippen molar-refractivity contribution in [3.8, 4) is 0 Å². The van der Waals surface area contributed by atoms with Crippen LogP contribution in [0.15, 0.2) is 12.4 Å². The maximum Gasteiger partial charge on any atom is 0.329 e. The highest BCUT2D eigenvalue weighted by Gasteiger charge is 2.31. The highest BCUT2D eigenvalue weighted by Crippen LogP contribution is 2.22. The van der Waals surface area contributed by atoms with Crippen LogP contribution in [-0.4, -0.2) is 41.4 Å². The van der Waals surface area contributed by atoms with Crippen LogP contribution in [0.2, 0.25) is 0 Å². The number of anilines is 1. The summed E-state index contributed by atoms with van der Waals surface area (Å²) in [6, 6.07) is -0.0226. The molecule has 0 radical (unpaired) electrons. The normalized spacial score (nSPS) is 21.4. The smallest absolute Gasteiger partial charge is 0.328 e. The molecule has 3 amide bonds. The van der Waals surface area contributed by atoms with Gasteiger partial charge in [0.1, 0.15) is 0 Å². The summed E-state index contributed by atoms with van der Waals surface area (Å²) in [5, 5.41) is 10.1. The number of rotatable bonds is 2. The molecule has 96 valence electrons. The monoisotopic (exact) mass is 249 g/mol. The highest BCUT2D eigenvalue weighted by molar-refractivity contribution is 6.19. The summed E-state index contributed by atoms with van der Waals surface area (Å²) < 4.78 is 1.86. The third-order valence-electron chi connectivity index (χ3n) is 3.37. The fourth-order valence-corrected chi connectivity index (χ4v) is 2.40. The van der Waals surface area contributed by atoms with Gasteiger partial charge < -0.3 is 10.6 Å². The van der Waals surface area contributed by atoms with Crippen molar-refractivity contribution >= 4 is 17.6 Å². The zero-order chi connectivity index (χ0) is 12.5. The minimum Gasteiger partial charge on any atom is -0.328 e. The summed E-state index contributed by atoms with van der Waals surface area (Å²) in [6.07, 6.45) is 5.38. The van der Waals surface area contributed by atoms with Crippen molar-refractivity contribution in [1.29, 1.82) is 0 Å². The second-order valence-electron chi connectivity index (χ2n) is 4.55. The number of nitrogens with zero attached hydrogens (tertiary/aromatic N) is 3. The SMILES string of the molecule is O=C1CNC(=O)N1c1cnn(C2CCNCC2)c1. The molecule has 2 aliphatic rings. The first-order valence-corrected chi connectivity index (χ1v) is 6.11. The van der Waals surface area contributed by atoms with E-state index in [0.717, 1.165) is 30.8 Å². The lowest BCUT2D eigenvalue weighted by Crippen LogP contribution is -2.31. The van der Waals surface area contributed by atoms with E-state index in [-0.39, 0.29) is 18.5 Å². The van der Waals surface area contributed by atoms with Crippen LogP contribution in [0.4, 0.5) is 10.5 Å². The van der Waals surface area contributed by atoms with E-state index in [4.69, 9.17) is 0 Å². The second-order valence-corrected chi connectivity index (χ2v) is 4.55. The van der Waals surface area contributed by atoms with Crippen LogP contribution < -0.4 is 15.5 Å². The van der Waals surface area contributed by atoms with Crippen molar-refractivity contribution < 1.29 is 9.59 Å². The van der Waals surface area contributed by atoms with E-state index in [0.29, 0.717) is 11.7 Å². The molecule has 7 heteroatoms. The first kappa shape index (κ1) is 11.2. The Balaban J connectivity index is 1.80. The topological polar surface area (TPSA) is 79.3 Å². The fraction of sp³-hybridized carbons (Fsp3) is 0.545. The summed E-state index contributed by atoms with van der Waals surface area (Å²) in [5.74, 6) is -0.232. The molecule has 0 atom stereocenters. The lowest BCUT2D eigenvalue weighted by atomic mass is 10.1. The number of hydrogen-bond donors (Lipinski definition) is 2. The van der Waals surface area contributed by atoms with Crippen LogP contribution in [-0.2, 0) is 4.79 Å². The van der Waals surface area contributed by atoms with Gasteiger partial charge in [-0.15, -0.1) is 0 Å². The minimum absolute atomic E-state index is 0.0668. The van der Waals surface area contributed by atoms with Crippen LogP contribution >= 0.6 is 0 Å². The first-order chi connectivity index (χ1) is 8.75. The summed E-state index contributed by atoms with van der Waals surface area (Å²) in [4.78, 5) is 24.2. The quantitative estimate of drug-likeness (QED) is 0.715. The Hall–Kier alpha value is -1.89. The van der Waals surface area contributed by atoms with Gasteiger partial charge in [-0.2, -0.15) is 5.10 Å². The van der Waals surface area contributed by atoms with E-state index in [1.807, 2.05) is 4.68 Å². The van der Waals surface area contributed by atoms with Gasteiger partial charge in [0.2, 0.25) is 0 Å². The summed E-state index contributed by atoms with van der Waals surface area (Å²) in [5.41, 5.74) is 0.550. The van der Waals surface area contributed by atoms with Crippen molar-refractivity contribution in [3.05, 3.63) is 12.4 Å². The molecule has 3 rings (SSSR count). The van der Waals surface area contributed by atoms with Crippen LogP contribution in [0.5, 0.6) is 0 Å². The lowest BCUT2D eigenvalue weighted by Gasteiger charge is -2.22. The molecule has 2 fully saturated rings. The van der Waals surface area contributed by atoms with E-state index in [9.17, 15) is 9.59 Å². The Kier molecular flexibility index (Phi) is 2.75. The van der Waals surface area contributed by atoms with Gasteiger partial charge in [0.05, 0.1) is 24.5 Å². The molecule has 7 nitrogen and oxygen atoms in total. The van der Waals surface area contributed by atoms with E-state index in [1.54, 1.807) is 12.4 Å². The number of piperidine rings is 1. The third kappa shape index (κ3) is 1.86. The number of nitrogens with one attached hydrogen (secondary N) is 2. The third-order valence-corrected chi connectivity index (χ3v) is 3.37. The predicted octanol–water partition coefficient (Wildman–Crippen LogP) is -0.136. The number of imide groups is 1. The molecule has 3 heterocycles. The molecular formula is C11H15N5O2. The Morgan fingerprint density at radius 3 is 2.72 bits per heavy atom. The van der Waals surface area contributed by atoms with Crippen LogP contribution in [0.1, 0.15) is 18.9 Å². The van der Waals surface area contributed by atoms with Crippen molar-refractivity contribution in [2.45, 2.75) is 18.9 Å². The maximum atomic E-state index is 11.6. The number of aromatic nitrogens is 2. The Labute approximate surface area is 104 Å². The number of urea groups is 1. The Morgan fingerprint density at radius 2 is 2.06 bits per heavy atom. The Morgan fingerprint density at radius 1 is 1.28 bits per heavy atom. The number of hydrogen-bond acceptors (Lipinski definition) is 4. The van der Waals surface area contributed by atoms with Gasteiger partial charge in [0, 0.05) is 6.20 Å². The summed E-state index contributed by atoms with van der Waals surface area (Å²) >= 11 is 0. The molecule has 0 bridgehead atoms. The van der Waals surface area contributed by atoms with Crippen molar-refractivity contribution in [1.82, 2.24) is 20.4 Å². The van der Waals surface area contributed by atoms with Crippen molar-refractivity contribution in [2.75, 3.05) is 24.5 Å². The number of amides is 3. The van der Waals surface area contributed by atoms with E-state index < -0.39 is 0 Å². The molecule has 0 aliphatic carbocycles. The first-order valence-electron chi connectivity index (χ1n) is 6.11. The fourth-order valence-electron chi connectivity index (χ4n) is 2.40. The zero-order valence-electron chi connectivity index (χ0n) is 9.93. The van der Waals surface area contributed by atoms with E-state index >= 15 is 0 Å². The van der Waals surface area contributed by atoms with Gasteiger partial charge >= 0.3 is 6.03 Å². The summed E-state index contributed by atoms with van der Waals surface area (Å²) in [6.45, 7) is 2.02. The largest absolute Gasteiger partial charge is 0.329 e. The second kappa shape index (κ2) is 4.41. The average molecular weight is 249 g/mol. The predicted molar refractivity (Wildman–Crippen MR) is 64.3 cm³/mol. The molecule has 1 aromatic rings. The molecule has 0 unspecified atom stereocenters. The minimum atomic E-state index is -0.370. The molecule has 0 aromatic carbocycles. The van der Waals surface area contributed by atoms with Gasteiger partial charge in [-0.3, -0.25) is 9.48 Å². The molecule has 2 N–H and O–H groups in total. The molecular weight excluding hydrogens is 234 g/mol. The average Bonchev–Trinajstić information content (AvgIpc) is 2.98. The lowest BCUT2D eigenvalue weighted by molar-refractivity contribution is -0.115. The van der Waals surface area contributed by atoms with Gasteiger partial charge in [-0.1, -0.05) is 0 Å². The van der Waals surface area contributed by atoms with E-state index in [2.05, 4.69) is 15.7 Å². The molecule has 18 heavy (non-hydrogen) atoms. The highest BCUT2D eigenvalue weighted by atomic mass is 16.2. The Bertz CT molecular complexity index is 462. The van der Waals surface area contributed by atoms with Crippen LogP contribution in [0.25, 0.3) is 0 Å². The van der Waals surface area contributed by atoms with Crippen molar-refractivity contribution in [3.63, 3.8) is 0 Å². The summed E-state index contributed by atoms with van der Waals surface area (Å²) in [7, 11) is 0. The van der Waals surface area contributed by atoms with Crippen molar-refractivity contribution in [2.24, 2.45) is 0 Å². The number of carbonyl (C=O) groups excluding carboxylic acids is 2. The van der Waals surface area contributed by atoms with E-state index in [1.165, 1.54) is 0 Å². The molecule has 0 spiro atoms. The van der Waals surface area contributed by atoms with Gasteiger partial charge in [-0.25, -0.2) is 9.69 Å². The zero-order valence-corrected chi connectivity index (χ0v) is 9.93. The van der Waals surface area contributed by atoms with Crippen LogP contribution in [0, 0.1) is 0 Å². The van der Waals surface area contributed by atoms with Crippen LogP contribution in [0.3, 0.4) is 0 Å². The van der Waals surface area contributed by atoms with Gasteiger partial charge in [0.15, 0.2) is 0 Å². The number of carbonyl (C=O) groups is 2. The molecule has 0 saturated carbocycles. The molecule has 1 aromatic heterocycles. The molecule has 2 saturated heterocycles. The van der Waals surface area contributed by atoms with Gasteiger partial charge in [-0.05, 0) is 25.9 Å². The molecule has 2 aliphatic heterocycles. The van der Waals surface area contributed by atoms with Gasteiger partial charge in [0.25, 0.3) is 5.91 Å². The maximum absolute atomic E-state index is 11.6.